The molecule has 1 aromatic carbocycles. The lowest BCUT2D eigenvalue weighted by molar-refractivity contribution is -0.121. The van der Waals surface area contributed by atoms with Crippen molar-refractivity contribution in [2.45, 2.75) is 36.5 Å². The molecule has 0 bridgehead atoms. The van der Waals surface area contributed by atoms with E-state index in [9.17, 15) is 26.0 Å². The fourth-order valence-electron chi connectivity index (χ4n) is 1.67. The van der Waals surface area contributed by atoms with Crippen molar-refractivity contribution in [2.75, 3.05) is 6.54 Å². The van der Waals surface area contributed by atoms with Gasteiger partial charge >= 0.3 is 6.18 Å². The van der Waals surface area contributed by atoms with Crippen molar-refractivity contribution in [2.24, 2.45) is 0 Å². The molecule has 118 valence electrons. The maximum absolute atomic E-state index is 13.6. The van der Waals surface area contributed by atoms with Crippen LogP contribution in [-0.2, 0) is 16.6 Å². The van der Waals surface area contributed by atoms with E-state index in [-0.39, 0.29) is 0 Å². The van der Waals surface area contributed by atoms with Gasteiger partial charge in [0.25, 0.3) is 0 Å². The highest BCUT2D eigenvalue weighted by atomic mass is 32.2. The zero-order valence-corrected chi connectivity index (χ0v) is 11.7. The van der Waals surface area contributed by atoms with Gasteiger partial charge in [-0.25, -0.2) is 17.5 Å². The Labute approximate surface area is 119 Å². The van der Waals surface area contributed by atoms with Crippen LogP contribution in [0.25, 0.3) is 0 Å². The van der Waals surface area contributed by atoms with Crippen LogP contribution < -0.4 is 10.0 Å². The lowest BCUT2D eigenvalue weighted by Gasteiger charge is -2.11. The Kier molecular flexibility index (Phi) is 4.54. The van der Waals surface area contributed by atoms with Crippen molar-refractivity contribution in [3.05, 3.63) is 29.6 Å². The molecule has 0 amide bonds. The largest absolute Gasteiger partial charge is 0.402 e. The quantitative estimate of drug-likeness (QED) is 0.785. The molecule has 0 aliphatic heterocycles. The van der Waals surface area contributed by atoms with Gasteiger partial charge in [-0.1, -0.05) is 6.07 Å². The van der Waals surface area contributed by atoms with Gasteiger partial charge in [0.15, 0.2) is 0 Å². The molecule has 0 atom stereocenters. The fourth-order valence-corrected chi connectivity index (χ4v) is 2.81. The minimum atomic E-state index is -4.70. The Balaban J connectivity index is 2.13. The lowest BCUT2D eigenvalue weighted by Crippen LogP contribution is -2.34. The van der Waals surface area contributed by atoms with E-state index >= 15 is 0 Å². The highest BCUT2D eigenvalue weighted by molar-refractivity contribution is 7.89. The zero-order chi connectivity index (χ0) is 15.7. The van der Waals surface area contributed by atoms with E-state index in [1.807, 2.05) is 0 Å². The molecule has 0 unspecified atom stereocenters. The third kappa shape index (κ3) is 4.94. The van der Waals surface area contributed by atoms with Crippen LogP contribution in [-0.4, -0.2) is 27.2 Å². The average Bonchev–Trinajstić information content (AvgIpc) is 3.19. The maximum atomic E-state index is 13.6. The molecule has 0 aromatic heterocycles. The smallest absolute Gasteiger partial charge is 0.310 e. The summed E-state index contributed by atoms with van der Waals surface area (Å²) in [5.41, 5.74) is 0.496. The molecular formula is C12H14F4N2O2S. The fraction of sp³-hybridized carbons (Fsp3) is 0.500. The summed E-state index contributed by atoms with van der Waals surface area (Å²) in [6.07, 6.45) is -2.65. The number of alkyl halides is 3. The van der Waals surface area contributed by atoms with E-state index in [0.717, 1.165) is 25.0 Å². The Bertz CT molecular complexity index is 612. The molecule has 1 aliphatic carbocycles. The van der Waals surface area contributed by atoms with Crippen molar-refractivity contribution in [1.82, 2.24) is 10.0 Å². The van der Waals surface area contributed by atoms with Crippen molar-refractivity contribution in [3.63, 3.8) is 0 Å². The Hall–Kier alpha value is -1.19. The van der Waals surface area contributed by atoms with Crippen LogP contribution in [0.5, 0.6) is 0 Å². The Morgan fingerprint density at radius 2 is 1.90 bits per heavy atom. The first-order valence-corrected chi connectivity index (χ1v) is 7.74. The van der Waals surface area contributed by atoms with E-state index < -0.39 is 33.5 Å². The van der Waals surface area contributed by atoms with Crippen molar-refractivity contribution in [3.8, 4) is 0 Å². The maximum Gasteiger partial charge on any atom is 0.402 e. The summed E-state index contributed by atoms with van der Waals surface area (Å²) >= 11 is 0. The normalized spacial score (nSPS) is 16.2. The Morgan fingerprint density at radius 3 is 2.48 bits per heavy atom. The molecule has 1 saturated carbocycles. The van der Waals surface area contributed by atoms with E-state index in [4.69, 9.17) is 0 Å². The van der Waals surface area contributed by atoms with Gasteiger partial charge < -0.3 is 5.32 Å². The SMILES string of the molecule is O=S(=O)(NCC(F)(F)F)c1cc(CNC2CC2)ccc1F. The second-order valence-corrected chi connectivity index (χ2v) is 6.60. The molecule has 1 aliphatic rings. The van der Waals surface area contributed by atoms with Crippen LogP contribution in [0.4, 0.5) is 17.6 Å². The summed E-state index contributed by atoms with van der Waals surface area (Å²) in [6, 6.07) is 3.75. The molecule has 1 fully saturated rings. The molecule has 2 rings (SSSR count). The second-order valence-electron chi connectivity index (χ2n) is 4.86. The third-order valence-corrected chi connectivity index (χ3v) is 4.34. The first-order chi connectivity index (χ1) is 9.67. The number of rotatable bonds is 6. The molecule has 4 nitrogen and oxygen atoms in total. The molecule has 21 heavy (non-hydrogen) atoms. The van der Waals surface area contributed by atoms with Crippen LogP contribution in [0.3, 0.4) is 0 Å². The number of benzene rings is 1. The van der Waals surface area contributed by atoms with Gasteiger partial charge in [-0.2, -0.15) is 13.2 Å². The minimum Gasteiger partial charge on any atom is -0.310 e. The molecule has 0 heterocycles. The first kappa shape index (κ1) is 16.2. The summed E-state index contributed by atoms with van der Waals surface area (Å²) in [5.74, 6) is -1.08. The first-order valence-electron chi connectivity index (χ1n) is 6.25. The monoisotopic (exact) mass is 326 g/mol. The molecule has 2 N–H and O–H groups in total. The summed E-state index contributed by atoms with van der Waals surface area (Å²) in [6.45, 7) is -1.40. The van der Waals surface area contributed by atoms with Gasteiger partial charge in [0.2, 0.25) is 10.0 Å². The van der Waals surface area contributed by atoms with Crippen LogP contribution in [0.1, 0.15) is 18.4 Å². The highest BCUT2D eigenvalue weighted by Gasteiger charge is 2.31. The number of hydrogen-bond acceptors (Lipinski definition) is 3. The summed E-state index contributed by atoms with van der Waals surface area (Å²) in [7, 11) is -4.54. The van der Waals surface area contributed by atoms with Gasteiger partial charge in [0.05, 0.1) is 0 Å². The third-order valence-electron chi connectivity index (χ3n) is 2.92. The van der Waals surface area contributed by atoms with Crippen LogP contribution in [0.2, 0.25) is 0 Å². The number of hydrogen-bond donors (Lipinski definition) is 2. The topological polar surface area (TPSA) is 58.2 Å². The minimum absolute atomic E-state index is 0.340. The van der Waals surface area contributed by atoms with Gasteiger partial charge in [0.1, 0.15) is 17.3 Å². The predicted molar refractivity (Wildman–Crippen MR) is 67.5 cm³/mol. The second kappa shape index (κ2) is 5.90. The van der Waals surface area contributed by atoms with Crippen molar-refractivity contribution in [1.29, 1.82) is 0 Å². The van der Waals surface area contributed by atoms with Gasteiger partial charge in [-0.05, 0) is 30.5 Å². The number of nitrogens with one attached hydrogen (secondary N) is 2. The van der Waals surface area contributed by atoms with Gasteiger partial charge in [-0.3, -0.25) is 0 Å². The zero-order valence-electron chi connectivity index (χ0n) is 10.9. The van der Waals surface area contributed by atoms with Crippen LogP contribution in [0.15, 0.2) is 23.1 Å². The van der Waals surface area contributed by atoms with E-state index in [1.54, 1.807) is 0 Å². The van der Waals surface area contributed by atoms with Crippen LogP contribution >= 0.6 is 0 Å². The summed E-state index contributed by atoms with van der Waals surface area (Å²) < 4.78 is 74.6. The standard InChI is InChI=1S/C12H14F4N2O2S/c13-10-4-1-8(6-17-9-2-3-9)5-11(10)21(19,20)18-7-12(14,15)16/h1,4-5,9,17-18H,2-3,6-7H2. The Morgan fingerprint density at radius 1 is 1.24 bits per heavy atom. The van der Waals surface area contributed by atoms with E-state index in [0.29, 0.717) is 18.2 Å². The van der Waals surface area contributed by atoms with Gasteiger partial charge in [-0.15, -0.1) is 0 Å². The van der Waals surface area contributed by atoms with E-state index in [2.05, 4.69) is 5.32 Å². The average molecular weight is 326 g/mol. The molecule has 1 aromatic rings. The van der Waals surface area contributed by atoms with Crippen LogP contribution in [0, 0.1) is 5.82 Å². The summed E-state index contributed by atoms with van der Waals surface area (Å²) in [4.78, 5) is -0.776. The summed E-state index contributed by atoms with van der Waals surface area (Å²) in [5, 5.41) is 3.11. The molecule has 9 heteroatoms. The van der Waals surface area contributed by atoms with Gasteiger partial charge in [0, 0.05) is 12.6 Å². The van der Waals surface area contributed by atoms with E-state index in [1.165, 1.54) is 10.8 Å². The predicted octanol–water partition coefficient (Wildman–Crippen LogP) is 1.92. The number of sulfonamides is 1. The van der Waals surface area contributed by atoms with Crippen molar-refractivity contribution < 1.29 is 26.0 Å². The van der Waals surface area contributed by atoms with Crippen molar-refractivity contribution >= 4 is 10.0 Å². The molecular weight excluding hydrogens is 312 g/mol. The highest BCUT2D eigenvalue weighted by Crippen LogP contribution is 2.21. The molecule has 0 radical (unpaired) electrons. The molecule has 0 spiro atoms. The lowest BCUT2D eigenvalue weighted by atomic mass is 10.2. The number of halogens is 4. The molecule has 0 saturated heterocycles.